The Morgan fingerprint density at radius 1 is 1.30 bits per heavy atom. The van der Waals surface area contributed by atoms with Crippen molar-refractivity contribution in [2.45, 2.75) is 37.9 Å². The van der Waals surface area contributed by atoms with Crippen molar-refractivity contribution >= 4 is 0 Å². The van der Waals surface area contributed by atoms with Crippen LogP contribution in [0, 0.1) is 6.92 Å². The van der Waals surface area contributed by atoms with Gasteiger partial charge in [0.2, 0.25) is 12.2 Å². The number of ether oxygens (including phenoxy) is 2. The van der Waals surface area contributed by atoms with Crippen LogP contribution in [0.3, 0.4) is 0 Å². The van der Waals surface area contributed by atoms with Crippen LogP contribution in [0.25, 0.3) is 5.69 Å². The fraction of sp³-hybridized carbons (Fsp3) is 0.438. The van der Waals surface area contributed by atoms with E-state index in [9.17, 15) is 15.3 Å². The van der Waals surface area contributed by atoms with Gasteiger partial charge in [0, 0.05) is 12.5 Å². The number of rotatable bonds is 4. The Labute approximate surface area is 133 Å². The normalized spacial score (nSPS) is 27.8. The number of benzene rings is 1. The number of hydrogen-bond acceptors (Lipinski definition) is 6. The van der Waals surface area contributed by atoms with Gasteiger partial charge in [0.05, 0.1) is 24.1 Å². The molecule has 1 aromatic heterocycles. The van der Waals surface area contributed by atoms with Gasteiger partial charge in [-0.05, 0) is 19.1 Å². The first kappa shape index (κ1) is 15.9. The molecule has 7 heteroatoms. The highest BCUT2D eigenvalue weighted by Crippen LogP contribution is 2.26. The van der Waals surface area contributed by atoms with Crippen LogP contribution in [0.1, 0.15) is 12.1 Å². The summed E-state index contributed by atoms with van der Waals surface area (Å²) in [4.78, 5) is 0. The van der Waals surface area contributed by atoms with Gasteiger partial charge in [-0.2, -0.15) is 5.10 Å². The molecule has 0 bridgehead atoms. The number of nitrogens with zero attached hydrogens (tertiary/aromatic N) is 2. The van der Waals surface area contributed by atoms with Gasteiger partial charge in [0.1, 0.15) is 12.2 Å². The van der Waals surface area contributed by atoms with Gasteiger partial charge in [0.25, 0.3) is 0 Å². The largest absolute Gasteiger partial charge is 0.448 e. The monoisotopic (exact) mass is 320 g/mol. The lowest BCUT2D eigenvalue weighted by Gasteiger charge is -2.35. The second kappa shape index (κ2) is 6.67. The number of para-hydroxylation sites is 1. The summed E-state index contributed by atoms with van der Waals surface area (Å²) < 4.78 is 13.0. The molecule has 7 nitrogen and oxygen atoms in total. The number of aryl methyl sites for hydroxylation is 1. The molecule has 1 saturated heterocycles. The van der Waals surface area contributed by atoms with Crippen LogP contribution in [0.15, 0.2) is 36.4 Å². The van der Waals surface area contributed by atoms with Crippen LogP contribution in [-0.2, 0) is 4.74 Å². The van der Waals surface area contributed by atoms with E-state index in [4.69, 9.17) is 9.47 Å². The Bertz CT molecular complexity index is 645. The van der Waals surface area contributed by atoms with E-state index in [0.717, 1.165) is 11.4 Å². The molecule has 0 amide bonds. The average Bonchev–Trinajstić information content (AvgIpc) is 2.92. The third kappa shape index (κ3) is 3.37. The molecule has 1 aliphatic rings. The van der Waals surface area contributed by atoms with Crippen LogP contribution in [0.5, 0.6) is 5.88 Å². The molecule has 2 heterocycles. The SMILES string of the molecule is Cc1cc(OC2CC(O)[C@H](O)C(CO)O2)n(-c2ccccc2)n1. The molecular weight excluding hydrogens is 300 g/mol. The molecule has 4 atom stereocenters. The summed E-state index contributed by atoms with van der Waals surface area (Å²) in [6.07, 6.45) is -3.68. The molecule has 0 saturated carbocycles. The summed E-state index contributed by atoms with van der Waals surface area (Å²) in [6, 6.07) is 11.3. The van der Waals surface area contributed by atoms with Gasteiger partial charge in [-0.3, -0.25) is 0 Å². The summed E-state index contributed by atoms with van der Waals surface area (Å²) in [5, 5.41) is 33.3. The van der Waals surface area contributed by atoms with E-state index in [1.54, 1.807) is 10.7 Å². The lowest BCUT2D eigenvalue weighted by Crippen LogP contribution is -2.51. The fourth-order valence-corrected chi connectivity index (χ4v) is 2.59. The zero-order valence-electron chi connectivity index (χ0n) is 12.7. The Balaban J connectivity index is 1.81. The minimum Gasteiger partial charge on any atom is -0.448 e. The first-order valence-corrected chi connectivity index (χ1v) is 7.49. The molecule has 3 unspecified atom stereocenters. The van der Waals surface area contributed by atoms with Crippen molar-refractivity contribution in [3.8, 4) is 11.6 Å². The third-order valence-electron chi connectivity index (χ3n) is 3.77. The lowest BCUT2D eigenvalue weighted by molar-refractivity contribution is -0.231. The van der Waals surface area contributed by atoms with Gasteiger partial charge in [-0.15, -0.1) is 0 Å². The highest BCUT2D eigenvalue weighted by Gasteiger charge is 2.37. The third-order valence-corrected chi connectivity index (χ3v) is 3.77. The molecular formula is C16H20N2O5. The van der Waals surface area contributed by atoms with Crippen molar-refractivity contribution in [3.63, 3.8) is 0 Å². The van der Waals surface area contributed by atoms with Gasteiger partial charge in [-0.1, -0.05) is 18.2 Å². The van der Waals surface area contributed by atoms with Crippen LogP contribution in [-0.4, -0.2) is 56.3 Å². The van der Waals surface area contributed by atoms with Crippen molar-refractivity contribution in [1.82, 2.24) is 9.78 Å². The molecule has 1 aliphatic heterocycles. The Hall–Kier alpha value is -1.93. The van der Waals surface area contributed by atoms with Crippen molar-refractivity contribution < 1.29 is 24.8 Å². The summed E-state index contributed by atoms with van der Waals surface area (Å²) in [5.74, 6) is 0.471. The van der Waals surface area contributed by atoms with E-state index in [2.05, 4.69) is 5.10 Å². The van der Waals surface area contributed by atoms with Crippen molar-refractivity contribution in [2.75, 3.05) is 6.61 Å². The second-order valence-electron chi connectivity index (χ2n) is 5.57. The quantitative estimate of drug-likeness (QED) is 0.754. The molecule has 1 aromatic carbocycles. The van der Waals surface area contributed by atoms with Crippen molar-refractivity contribution in [1.29, 1.82) is 0 Å². The minimum absolute atomic E-state index is 0.108. The topological polar surface area (TPSA) is 97.0 Å². The predicted octanol–water partition coefficient (Wildman–Crippen LogP) is 0.389. The van der Waals surface area contributed by atoms with Crippen LogP contribution < -0.4 is 4.74 Å². The number of aliphatic hydroxyl groups excluding tert-OH is 3. The highest BCUT2D eigenvalue weighted by atomic mass is 16.7. The standard InChI is InChI=1S/C16H20N2O5/c1-10-7-14(18(17-10)11-5-3-2-4-6-11)23-15-8-12(20)16(21)13(9-19)22-15/h2-7,12-13,15-16,19-21H,8-9H2,1H3/t12?,13?,15?,16-/m0/s1. The highest BCUT2D eigenvalue weighted by molar-refractivity contribution is 5.35. The Morgan fingerprint density at radius 2 is 2.04 bits per heavy atom. The maximum absolute atomic E-state index is 9.88. The second-order valence-corrected chi connectivity index (χ2v) is 5.57. The first-order valence-electron chi connectivity index (χ1n) is 7.49. The average molecular weight is 320 g/mol. The van der Waals surface area contributed by atoms with Gasteiger partial charge >= 0.3 is 0 Å². The fourth-order valence-electron chi connectivity index (χ4n) is 2.59. The molecule has 0 aliphatic carbocycles. The van der Waals surface area contributed by atoms with Crippen LogP contribution in [0.4, 0.5) is 0 Å². The van der Waals surface area contributed by atoms with Gasteiger partial charge in [-0.25, -0.2) is 4.68 Å². The number of aliphatic hydroxyl groups is 3. The summed E-state index contributed by atoms with van der Waals surface area (Å²) >= 11 is 0. The van der Waals surface area contributed by atoms with Crippen LogP contribution >= 0.6 is 0 Å². The van der Waals surface area contributed by atoms with Crippen molar-refractivity contribution in [2.24, 2.45) is 0 Å². The molecule has 3 rings (SSSR count). The molecule has 124 valence electrons. The molecule has 1 fully saturated rings. The molecule has 0 radical (unpaired) electrons. The number of aromatic nitrogens is 2. The maximum Gasteiger partial charge on any atom is 0.219 e. The van der Waals surface area contributed by atoms with Gasteiger partial charge in [0.15, 0.2) is 0 Å². The van der Waals surface area contributed by atoms with Crippen molar-refractivity contribution in [3.05, 3.63) is 42.1 Å². The lowest BCUT2D eigenvalue weighted by atomic mass is 10.0. The first-order chi connectivity index (χ1) is 11.1. The van der Waals surface area contributed by atoms with Gasteiger partial charge < -0.3 is 24.8 Å². The predicted molar refractivity (Wildman–Crippen MR) is 81.3 cm³/mol. The van der Waals surface area contributed by atoms with E-state index >= 15 is 0 Å². The summed E-state index contributed by atoms with van der Waals surface area (Å²) in [5.41, 5.74) is 1.62. The zero-order valence-corrected chi connectivity index (χ0v) is 12.7. The zero-order chi connectivity index (χ0) is 16.4. The Morgan fingerprint density at radius 3 is 2.74 bits per heavy atom. The smallest absolute Gasteiger partial charge is 0.219 e. The molecule has 3 N–H and O–H groups in total. The Kier molecular flexibility index (Phi) is 4.63. The maximum atomic E-state index is 9.88. The molecule has 0 spiro atoms. The molecule has 23 heavy (non-hydrogen) atoms. The molecule has 2 aromatic rings. The van der Waals surface area contributed by atoms with Crippen LogP contribution in [0.2, 0.25) is 0 Å². The van der Waals surface area contributed by atoms with E-state index in [0.29, 0.717) is 5.88 Å². The minimum atomic E-state index is -1.12. The summed E-state index contributed by atoms with van der Waals surface area (Å²) in [7, 11) is 0. The van der Waals surface area contributed by atoms with E-state index < -0.39 is 31.2 Å². The summed E-state index contributed by atoms with van der Waals surface area (Å²) in [6.45, 7) is 1.46. The van der Waals surface area contributed by atoms with E-state index in [1.807, 2.05) is 37.3 Å². The number of hydrogen-bond donors (Lipinski definition) is 3. The van der Waals surface area contributed by atoms with E-state index in [-0.39, 0.29) is 6.42 Å². The van der Waals surface area contributed by atoms with E-state index in [1.165, 1.54) is 0 Å².